The fraction of sp³-hybridized carbons (Fsp3) is 0.600. The molecule has 1 aromatic rings. The summed E-state index contributed by atoms with van der Waals surface area (Å²) < 4.78 is 27.5. The molecule has 5 heteroatoms. The topological polar surface area (TPSA) is 58.2 Å². The van der Waals surface area contributed by atoms with Gasteiger partial charge in [0.1, 0.15) is 0 Å². The minimum absolute atomic E-state index is 0.0737. The molecule has 0 saturated carbocycles. The lowest BCUT2D eigenvalue weighted by Crippen LogP contribution is -2.36. The second-order valence-corrected chi connectivity index (χ2v) is 7.09. The van der Waals surface area contributed by atoms with Crippen molar-refractivity contribution in [2.45, 2.75) is 51.1 Å². The Morgan fingerprint density at radius 3 is 2.40 bits per heavy atom. The van der Waals surface area contributed by atoms with E-state index >= 15 is 0 Å². The van der Waals surface area contributed by atoms with Crippen LogP contribution in [0.15, 0.2) is 29.2 Å². The SMILES string of the molecule is CCC(C)C(C)NS(=O)(=O)c1cccc(C(C)NC)c1. The molecular weight excluding hydrogens is 272 g/mol. The lowest BCUT2D eigenvalue weighted by Gasteiger charge is -2.20. The van der Waals surface area contributed by atoms with Crippen molar-refractivity contribution in [1.29, 1.82) is 0 Å². The second kappa shape index (κ2) is 7.20. The van der Waals surface area contributed by atoms with E-state index in [1.54, 1.807) is 18.2 Å². The summed E-state index contributed by atoms with van der Waals surface area (Å²) in [6.45, 7) is 8.02. The Hall–Kier alpha value is -0.910. The van der Waals surface area contributed by atoms with Crippen molar-refractivity contribution in [1.82, 2.24) is 10.0 Å². The Bertz CT molecular complexity index is 528. The van der Waals surface area contributed by atoms with Crippen molar-refractivity contribution in [3.05, 3.63) is 29.8 Å². The highest BCUT2D eigenvalue weighted by Crippen LogP contribution is 2.18. The molecular formula is C15H26N2O2S. The van der Waals surface area contributed by atoms with E-state index in [9.17, 15) is 8.42 Å². The fourth-order valence-corrected chi connectivity index (χ4v) is 3.31. The summed E-state index contributed by atoms with van der Waals surface area (Å²) in [5.74, 6) is 0.309. The molecule has 0 saturated heterocycles. The van der Waals surface area contributed by atoms with Crippen LogP contribution < -0.4 is 10.0 Å². The molecule has 0 heterocycles. The molecule has 4 nitrogen and oxygen atoms in total. The number of hydrogen-bond donors (Lipinski definition) is 2. The number of benzene rings is 1. The highest BCUT2D eigenvalue weighted by Gasteiger charge is 2.20. The summed E-state index contributed by atoms with van der Waals surface area (Å²) >= 11 is 0. The third-order valence-corrected chi connectivity index (χ3v) is 5.50. The molecule has 0 bridgehead atoms. The molecule has 0 amide bonds. The minimum atomic E-state index is -3.46. The van der Waals surface area contributed by atoms with Gasteiger partial charge in [0.05, 0.1) is 4.90 Å². The zero-order valence-corrected chi connectivity index (χ0v) is 13.8. The number of hydrogen-bond acceptors (Lipinski definition) is 3. The van der Waals surface area contributed by atoms with Crippen LogP contribution in [0.3, 0.4) is 0 Å². The summed E-state index contributed by atoms with van der Waals surface area (Å²) in [6.07, 6.45) is 0.945. The molecule has 0 fully saturated rings. The van der Waals surface area contributed by atoms with E-state index in [0.717, 1.165) is 12.0 Å². The van der Waals surface area contributed by atoms with Crippen molar-refractivity contribution in [2.24, 2.45) is 5.92 Å². The first-order chi connectivity index (χ1) is 9.31. The van der Waals surface area contributed by atoms with Crippen LogP contribution in [0.1, 0.15) is 45.7 Å². The van der Waals surface area contributed by atoms with Gasteiger partial charge in [0, 0.05) is 12.1 Å². The van der Waals surface area contributed by atoms with Gasteiger partial charge in [-0.2, -0.15) is 0 Å². The van der Waals surface area contributed by atoms with Gasteiger partial charge in [0.15, 0.2) is 0 Å². The van der Waals surface area contributed by atoms with Gasteiger partial charge in [0.2, 0.25) is 10.0 Å². The average molecular weight is 298 g/mol. The number of nitrogens with one attached hydrogen (secondary N) is 2. The van der Waals surface area contributed by atoms with Gasteiger partial charge in [-0.25, -0.2) is 13.1 Å². The molecule has 3 unspecified atom stereocenters. The van der Waals surface area contributed by atoms with E-state index in [4.69, 9.17) is 0 Å². The monoisotopic (exact) mass is 298 g/mol. The molecule has 0 aromatic heterocycles. The van der Waals surface area contributed by atoms with Crippen molar-refractivity contribution in [2.75, 3.05) is 7.05 Å². The van der Waals surface area contributed by atoms with Crippen LogP contribution in [0.2, 0.25) is 0 Å². The normalized spacial score (nSPS) is 16.6. The van der Waals surface area contributed by atoms with E-state index in [1.807, 2.05) is 33.9 Å². The van der Waals surface area contributed by atoms with Crippen molar-refractivity contribution >= 4 is 10.0 Å². The third-order valence-electron chi connectivity index (χ3n) is 3.94. The van der Waals surface area contributed by atoms with E-state index < -0.39 is 10.0 Å². The number of rotatable bonds is 7. The number of sulfonamides is 1. The summed E-state index contributed by atoms with van der Waals surface area (Å²) in [4.78, 5) is 0.326. The van der Waals surface area contributed by atoms with Crippen LogP contribution >= 0.6 is 0 Å². The van der Waals surface area contributed by atoms with Crippen LogP contribution in [0.25, 0.3) is 0 Å². The molecule has 1 rings (SSSR count). The Morgan fingerprint density at radius 2 is 1.85 bits per heavy atom. The summed E-state index contributed by atoms with van der Waals surface area (Å²) in [5, 5.41) is 3.11. The van der Waals surface area contributed by atoms with Crippen LogP contribution in [-0.2, 0) is 10.0 Å². The molecule has 114 valence electrons. The van der Waals surface area contributed by atoms with Crippen molar-refractivity contribution in [3.63, 3.8) is 0 Å². The fourth-order valence-electron chi connectivity index (χ4n) is 1.90. The predicted molar refractivity (Wildman–Crippen MR) is 83.2 cm³/mol. The first-order valence-electron chi connectivity index (χ1n) is 7.11. The Morgan fingerprint density at radius 1 is 1.20 bits per heavy atom. The lowest BCUT2D eigenvalue weighted by atomic mass is 10.0. The maximum absolute atomic E-state index is 12.4. The smallest absolute Gasteiger partial charge is 0.240 e. The maximum atomic E-state index is 12.4. The average Bonchev–Trinajstić information content (AvgIpc) is 2.45. The van der Waals surface area contributed by atoms with Gasteiger partial charge in [0.25, 0.3) is 0 Å². The zero-order valence-electron chi connectivity index (χ0n) is 13.0. The first-order valence-corrected chi connectivity index (χ1v) is 8.59. The second-order valence-electron chi connectivity index (χ2n) is 5.38. The van der Waals surface area contributed by atoms with Gasteiger partial charge in [-0.1, -0.05) is 32.4 Å². The highest BCUT2D eigenvalue weighted by atomic mass is 32.2. The molecule has 0 aliphatic rings. The summed E-state index contributed by atoms with van der Waals surface area (Å²) in [6, 6.07) is 7.13. The first kappa shape index (κ1) is 17.1. The summed E-state index contributed by atoms with van der Waals surface area (Å²) in [7, 11) is -1.60. The van der Waals surface area contributed by atoms with Crippen molar-refractivity contribution in [3.8, 4) is 0 Å². The van der Waals surface area contributed by atoms with Gasteiger partial charge in [-0.15, -0.1) is 0 Å². The predicted octanol–water partition coefficient (Wildman–Crippen LogP) is 2.68. The standard InChI is InChI=1S/C15H26N2O2S/c1-6-11(2)12(3)17-20(18,19)15-9-7-8-14(10-15)13(4)16-5/h7-13,16-17H,6H2,1-5H3. The molecule has 0 aliphatic heterocycles. The molecule has 2 N–H and O–H groups in total. The lowest BCUT2D eigenvalue weighted by molar-refractivity contribution is 0.434. The molecule has 20 heavy (non-hydrogen) atoms. The van der Waals surface area contributed by atoms with Gasteiger partial charge >= 0.3 is 0 Å². The quantitative estimate of drug-likeness (QED) is 0.813. The van der Waals surface area contributed by atoms with E-state index in [-0.39, 0.29) is 12.1 Å². The van der Waals surface area contributed by atoms with Gasteiger partial charge in [-0.3, -0.25) is 0 Å². The Balaban J connectivity index is 2.98. The highest BCUT2D eigenvalue weighted by molar-refractivity contribution is 7.89. The van der Waals surface area contributed by atoms with Crippen LogP contribution in [0, 0.1) is 5.92 Å². The third kappa shape index (κ3) is 4.30. The molecule has 0 spiro atoms. The van der Waals surface area contributed by atoms with E-state index in [0.29, 0.717) is 10.8 Å². The minimum Gasteiger partial charge on any atom is -0.313 e. The van der Waals surface area contributed by atoms with Gasteiger partial charge in [-0.05, 0) is 44.5 Å². The van der Waals surface area contributed by atoms with Gasteiger partial charge < -0.3 is 5.32 Å². The van der Waals surface area contributed by atoms with Crippen molar-refractivity contribution < 1.29 is 8.42 Å². The summed E-state index contributed by atoms with van der Waals surface area (Å²) in [5.41, 5.74) is 0.964. The van der Waals surface area contributed by atoms with Crippen LogP contribution in [-0.4, -0.2) is 21.5 Å². The van der Waals surface area contributed by atoms with E-state index in [2.05, 4.69) is 17.0 Å². The Labute approximate surface area is 123 Å². The zero-order chi connectivity index (χ0) is 15.3. The van der Waals surface area contributed by atoms with E-state index in [1.165, 1.54) is 0 Å². The Kier molecular flexibility index (Phi) is 6.17. The molecule has 0 aliphatic carbocycles. The molecule has 3 atom stereocenters. The van der Waals surface area contributed by atoms with Crippen LogP contribution in [0.4, 0.5) is 0 Å². The van der Waals surface area contributed by atoms with Crippen LogP contribution in [0.5, 0.6) is 0 Å². The molecule has 0 radical (unpaired) electrons. The maximum Gasteiger partial charge on any atom is 0.240 e. The largest absolute Gasteiger partial charge is 0.313 e. The molecule has 1 aromatic carbocycles.